The van der Waals surface area contributed by atoms with Crippen molar-refractivity contribution in [2.45, 2.75) is 32.9 Å². The van der Waals surface area contributed by atoms with Crippen molar-refractivity contribution < 1.29 is 4.79 Å². The van der Waals surface area contributed by atoms with Gasteiger partial charge in [-0.1, -0.05) is 6.07 Å². The second-order valence-corrected chi connectivity index (χ2v) is 5.94. The van der Waals surface area contributed by atoms with Crippen LogP contribution in [0.25, 0.3) is 0 Å². The average molecular weight is 290 g/mol. The Labute approximate surface area is 127 Å². The number of nitrogens with one attached hydrogen (secondary N) is 1. The van der Waals surface area contributed by atoms with Crippen molar-refractivity contribution in [3.63, 3.8) is 0 Å². The predicted octanol–water partition coefficient (Wildman–Crippen LogP) is 1.11. The third kappa shape index (κ3) is 3.80. The number of carbonyl (C=O) groups excluding carboxylic acids is 1. The van der Waals surface area contributed by atoms with E-state index in [-0.39, 0.29) is 5.91 Å². The van der Waals surface area contributed by atoms with Gasteiger partial charge in [0.05, 0.1) is 17.8 Å². The third-order valence-corrected chi connectivity index (χ3v) is 4.18. The molecule has 1 N–H and O–H groups in total. The molecule has 0 bridgehead atoms. The minimum atomic E-state index is -0.465. The molecule has 0 aromatic carbocycles. The molecule has 21 heavy (non-hydrogen) atoms. The molecule has 1 aromatic rings. The van der Waals surface area contributed by atoms with Gasteiger partial charge in [-0.3, -0.25) is 14.7 Å². The maximum absolute atomic E-state index is 12.9. The van der Waals surface area contributed by atoms with E-state index >= 15 is 0 Å². The van der Waals surface area contributed by atoms with Crippen molar-refractivity contribution >= 4 is 5.91 Å². The number of aromatic nitrogens is 1. The first-order chi connectivity index (χ1) is 10.1. The van der Waals surface area contributed by atoms with Gasteiger partial charge < -0.3 is 10.2 Å². The van der Waals surface area contributed by atoms with Crippen LogP contribution < -0.4 is 5.32 Å². The van der Waals surface area contributed by atoms with Gasteiger partial charge in [-0.25, -0.2) is 0 Å². The molecule has 5 nitrogen and oxygen atoms in total. The number of nitrogens with zero attached hydrogens (tertiary/aromatic N) is 3. The molecule has 2 heterocycles. The van der Waals surface area contributed by atoms with Gasteiger partial charge in [-0.05, 0) is 32.9 Å². The Morgan fingerprint density at radius 2 is 2.10 bits per heavy atom. The lowest BCUT2D eigenvalue weighted by molar-refractivity contribution is -0.143. The highest BCUT2D eigenvalue weighted by Gasteiger charge is 2.37. The summed E-state index contributed by atoms with van der Waals surface area (Å²) in [5.74, 6) is 0.178. The van der Waals surface area contributed by atoms with Crippen LogP contribution in [0.2, 0.25) is 0 Å². The summed E-state index contributed by atoms with van der Waals surface area (Å²) in [7, 11) is 0. The Kier molecular flexibility index (Phi) is 5.31. The lowest BCUT2D eigenvalue weighted by Crippen LogP contribution is -2.60. The van der Waals surface area contributed by atoms with E-state index in [0.29, 0.717) is 13.1 Å². The van der Waals surface area contributed by atoms with Crippen molar-refractivity contribution in [2.75, 3.05) is 32.7 Å². The predicted molar refractivity (Wildman–Crippen MR) is 83.8 cm³/mol. The molecule has 1 aliphatic heterocycles. The zero-order chi connectivity index (χ0) is 15.3. The summed E-state index contributed by atoms with van der Waals surface area (Å²) in [5.41, 5.74) is 0.469. The fourth-order valence-corrected chi connectivity index (χ4v) is 2.76. The highest BCUT2D eigenvalue weighted by molar-refractivity contribution is 5.85. The van der Waals surface area contributed by atoms with E-state index in [1.54, 1.807) is 6.20 Å². The Morgan fingerprint density at radius 1 is 1.38 bits per heavy atom. The standard InChI is InChI=1S/C16H26N4O/c1-4-19(13-14-7-5-6-8-18-14)15(21)16(2,3)20-11-9-17-10-12-20/h5-8,17H,4,9-13H2,1-3H3. The van der Waals surface area contributed by atoms with Crippen LogP contribution in [0.5, 0.6) is 0 Å². The molecule has 1 fully saturated rings. The average Bonchev–Trinajstić information content (AvgIpc) is 2.53. The molecule has 0 unspecified atom stereocenters. The molecule has 116 valence electrons. The quantitative estimate of drug-likeness (QED) is 0.883. The van der Waals surface area contributed by atoms with E-state index < -0.39 is 5.54 Å². The topological polar surface area (TPSA) is 48.5 Å². The Morgan fingerprint density at radius 3 is 2.67 bits per heavy atom. The molecule has 5 heteroatoms. The van der Waals surface area contributed by atoms with Crippen LogP contribution in [-0.4, -0.2) is 59.0 Å². The van der Waals surface area contributed by atoms with Crippen LogP contribution in [-0.2, 0) is 11.3 Å². The number of likely N-dealkylation sites (N-methyl/N-ethyl adjacent to an activating group) is 1. The van der Waals surface area contributed by atoms with Crippen molar-refractivity contribution in [3.05, 3.63) is 30.1 Å². The van der Waals surface area contributed by atoms with Crippen molar-refractivity contribution in [1.29, 1.82) is 0 Å². The maximum atomic E-state index is 12.9. The molecule has 2 rings (SSSR count). The molecule has 0 radical (unpaired) electrons. The summed E-state index contributed by atoms with van der Waals surface area (Å²) in [5, 5.41) is 3.33. The van der Waals surface area contributed by atoms with Crippen molar-refractivity contribution in [2.24, 2.45) is 0 Å². The van der Waals surface area contributed by atoms with E-state index in [1.807, 2.05) is 43.9 Å². The van der Waals surface area contributed by atoms with Gasteiger partial charge in [0.1, 0.15) is 0 Å². The number of carbonyl (C=O) groups is 1. The van der Waals surface area contributed by atoms with Crippen LogP contribution in [0.3, 0.4) is 0 Å². The highest BCUT2D eigenvalue weighted by Crippen LogP contribution is 2.19. The number of hydrogen-bond donors (Lipinski definition) is 1. The van der Waals surface area contributed by atoms with Gasteiger partial charge in [0, 0.05) is 38.9 Å². The zero-order valence-electron chi connectivity index (χ0n) is 13.3. The molecule has 0 atom stereocenters. The van der Waals surface area contributed by atoms with Crippen molar-refractivity contribution in [3.8, 4) is 0 Å². The number of rotatable bonds is 5. The highest BCUT2D eigenvalue weighted by atomic mass is 16.2. The summed E-state index contributed by atoms with van der Waals surface area (Å²) in [4.78, 5) is 21.4. The molecule has 0 saturated carbocycles. The zero-order valence-corrected chi connectivity index (χ0v) is 13.3. The van der Waals surface area contributed by atoms with Gasteiger partial charge in [0.15, 0.2) is 0 Å². The fraction of sp³-hybridized carbons (Fsp3) is 0.625. The van der Waals surface area contributed by atoms with Crippen molar-refractivity contribution in [1.82, 2.24) is 20.1 Å². The number of piperazine rings is 1. The maximum Gasteiger partial charge on any atom is 0.242 e. The van der Waals surface area contributed by atoms with Gasteiger partial charge in [0.2, 0.25) is 5.91 Å². The summed E-state index contributed by atoms with van der Waals surface area (Å²) in [6.07, 6.45) is 1.77. The first-order valence-corrected chi connectivity index (χ1v) is 7.70. The fourth-order valence-electron chi connectivity index (χ4n) is 2.76. The largest absolute Gasteiger partial charge is 0.335 e. The van der Waals surface area contributed by atoms with Crippen LogP contribution in [0, 0.1) is 0 Å². The van der Waals surface area contributed by atoms with E-state index in [0.717, 1.165) is 31.9 Å². The Hall–Kier alpha value is -1.46. The molecular formula is C16H26N4O. The van der Waals surface area contributed by atoms with Crippen LogP contribution in [0.4, 0.5) is 0 Å². The third-order valence-electron chi connectivity index (χ3n) is 4.18. The van der Waals surface area contributed by atoms with Gasteiger partial charge >= 0.3 is 0 Å². The Bertz CT molecular complexity index is 455. The van der Waals surface area contributed by atoms with Gasteiger partial charge in [-0.15, -0.1) is 0 Å². The second-order valence-electron chi connectivity index (χ2n) is 5.94. The molecule has 1 aliphatic rings. The number of amides is 1. The lowest BCUT2D eigenvalue weighted by atomic mass is 9.99. The molecule has 0 aliphatic carbocycles. The van der Waals surface area contributed by atoms with Crippen LogP contribution >= 0.6 is 0 Å². The summed E-state index contributed by atoms with van der Waals surface area (Å²) in [6.45, 7) is 11.1. The minimum Gasteiger partial charge on any atom is -0.335 e. The van der Waals surface area contributed by atoms with E-state index in [1.165, 1.54) is 0 Å². The van der Waals surface area contributed by atoms with E-state index in [9.17, 15) is 4.79 Å². The van der Waals surface area contributed by atoms with E-state index in [4.69, 9.17) is 0 Å². The summed E-state index contributed by atoms with van der Waals surface area (Å²) in [6, 6.07) is 5.82. The van der Waals surface area contributed by atoms with E-state index in [2.05, 4.69) is 15.2 Å². The number of pyridine rings is 1. The van der Waals surface area contributed by atoms with Gasteiger partial charge in [0.25, 0.3) is 0 Å². The van der Waals surface area contributed by atoms with Crippen LogP contribution in [0.1, 0.15) is 26.5 Å². The first-order valence-electron chi connectivity index (χ1n) is 7.70. The minimum absolute atomic E-state index is 0.178. The summed E-state index contributed by atoms with van der Waals surface area (Å²) < 4.78 is 0. The smallest absolute Gasteiger partial charge is 0.242 e. The molecule has 1 amide bonds. The summed E-state index contributed by atoms with van der Waals surface area (Å²) >= 11 is 0. The SMILES string of the molecule is CCN(Cc1ccccn1)C(=O)C(C)(C)N1CCNCC1. The second kappa shape index (κ2) is 7.00. The molecular weight excluding hydrogens is 264 g/mol. The van der Waals surface area contributed by atoms with Crippen LogP contribution in [0.15, 0.2) is 24.4 Å². The number of hydrogen-bond acceptors (Lipinski definition) is 4. The molecule has 1 saturated heterocycles. The first kappa shape index (κ1) is 15.9. The molecule has 1 aromatic heterocycles. The Balaban J connectivity index is 2.07. The lowest BCUT2D eigenvalue weighted by Gasteiger charge is -2.42. The normalized spacial score (nSPS) is 16.7. The monoisotopic (exact) mass is 290 g/mol. The van der Waals surface area contributed by atoms with Gasteiger partial charge in [-0.2, -0.15) is 0 Å². The molecule has 0 spiro atoms.